The first-order valence-corrected chi connectivity index (χ1v) is 8.52. The van der Waals surface area contributed by atoms with Crippen LogP contribution >= 0.6 is 11.3 Å². The molecule has 112 valence electrons. The van der Waals surface area contributed by atoms with Crippen LogP contribution in [-0.4, -0.2) is 33.9 Å². The third kappa shape index (κ3) is 2.52. The van der Waals surface area contributed by atoms with E-state index in [1.54, 1.807) is 17.8 Å². The average Bonchev–Trinajstić information content (AvgIpc) is 3.05. The van der Waals surface area contributed by atoms with Crippen molar-refractivity contribution in [3.05, 3.63) is 29.8 Å². The van der Waals surface area contributed by atoms with Gasteiger partial charge in [-0.1, -0.05) is 0 Å². The monoisotopic (exact) mass is 326 g/mol. The number of hydrogen-bond donors (Lipinski definition) is 2. The Labute approximate surface area is 125 Å². The van der Waals surface area contributed by atoms with Gasteiger partial charge in [0.1, 0.15) is 5.82 Å². The average molecular weight is 326 g/mol. The van der Waals surface area contributed by atoms with Crippen molar-refractivity contribution in [3.63, 3.8) is 0 Å². The number of imidazole rings is 2. The molecule has 0 fully saturated rings. The maximum atomic E-state index is 12.4. The molecule has 3 aromatic heterocycles. The molecule has 0 spiro atoms. The molecule has 0 aliphatic carbocycles. The van der Waals surface area contributed by atoms with Crippen LogP contribution in [-0.2, 0) is 23.5 Å². The fourth-order valence-corrected chi connectivity index (χ4v) is 4.07. The number of nitrogens with two attached hydrogens (primary N) is 1. The van der Waals surface area contributed by atoms with Crippen molar-refractivity contribution in [3.8, 4) is 0 Å². The van der Waals surface area contributed by atoms with E-state index in [2.05, 4.69) is 14.7 Å². The molecule has 0 atom stereocenters. The van der Waals surface area contributed by atoms with Gasteiger partial charge in [0, 0.05) is 44.0 Å². The van der Waals surface area contributed by atoms with Crippen molar-refractivity contribution < 1.29 is 8.42 Å². The van der Waals surface area contributed by atoms with Crippen LogP contribution in [0, 0.1) is 0 Å². The van der Waals surface area contributed by atoms with Crippen LogP contribution < -0.4 is 10.5 Å². The molecular formula is C11H14N6O2S2. The summed E-state index contributed by atoms with van der Waals surface area (Å²) in [6.45, 7) is 0.240. The third-order valence-electron chi connectivity index (χ3n) is 3.06. The van der Waals surface area contributed by atoms with Crippen molar-refractivity contribution in [1.82, 2.24) is 23.7 Å². The van der Waals surface area contributed by atoms with Crippen LogP contribution in [0.2, 0.25) is 0 Å². The van der Waals surface area contributed by atoms with Gasteiger partial charge in [0.25, 0.3) is 10.0 Å². The minimum Gasteiger partial charge on any atom is -0.381 e. The van der Waals surface area contributed by atoms with Crippen LogP contribution in [0.15, 0.2) is 29.0 Å². The lowest BCUT2D eigenvalue weighted by molar-refractivity contribution is 0.576. The van der Waals surface area contributed by atoms with Gasteiger partial charge in [-0.25, -0.2) is 23.1 Å². The molecule has 10 heteroatoms. The Morgan fingerprint density at radius 3 is 2.95 bits per heavy atom. The van der Waals surface area contributed by atoms with E-state index in [9.17, 15) is 8.42 Å². The summed E-state index contributed by atoms with van der Waals surface area (Å²) in [5.74, 6) is 0.811. The van der Waals surface area contributed by atoms with E-state index >= 15 is 0 Å². The number of nitrogens with zero attached hydrogens (tertiary/aromatic N) is 4. The lowest BCUT2D eigenvalue weighted by Crippen LogP contribution is -2.28. The predicted molar refractivity (Wildman–Crippen MR) is 79.6 cm³/mol. The number of nitrogens with one attached hydrogen (secondary N) is 1. The van der Waals surface area contributed by atoms with Gasteiger partial charge in [-0.15, -0.1) is 11.3 Å². The minimum atomic E-state index is -3.72. The van der Waals surface area contributed by atoms with Gasteiger partial charge in [0.2, 0.25) is 0 Å². The Balaban J connectivity index is 1.79. The highest BCUT2D eigenvalue weighted by atomic mass is 32.2. The highest BCUT2D eigenvalue weighted by Gasteiger charge is 2.24. The summed E-state index contributed by atoms with van der Waals surface area (Å²) in [6.07, 6.45) is 5.62. The van der Waals surface area contributed by atoms with Crippen LogP contribution in [0.25, 0.3) is 4.96 Å². The van der Waals surface area contributed by atoms with Gasteiger partial charge in [-0.3, -0.25) is 4.40 Å². The molecule has 0 amide bonds. The van der Waals surface area contributed by atoms with E-state index in [-0.39, 0.29) is 17.4 Å². The van der Waals surface area contributed by atoms with E-state index < -0.39 is 10.0 Å². The van der Waals surface area contributed by atoms with Crippen molar-refractivity contribution >= 4 is 32.1 Å². The Morgan fingerprint density at radius 2 is 2.24 bits per heavy atom. The number of sulfonamides is 1. The quantitative estimate of drug-likeness (QED) is 0.698. The molecule has 0 radical (unpaired) electrons. The molecule has 0 saturated heterocycles. The molecule has 3 aromatic rings. The SMILES string of the molecule is Cn1ccnc1CCNS(=O)(=O)c1c(N)nc2sccn12. The zero-order chi connectivity index (χ0) is 15.0. The van der Waals surface area contributed by atoms with E-state index in [4.69, 9.17) is 5.73 Å². The molecule has 3 rings (SSSR count). The fraction of sp³-hybridized carbons (Fsp3) is 0.273. The second-order valence-corrected chi connectivity index (χ2v) is 7.02. The predicted octanol–water partition coefficient (Wildman–Crippen LogP) is 0.232. The van der Waals surface area contributed by atoms with Crippen LogP contribution in [0.1, 0.15) is 5.82 Å². The molecule has 0 aliphatic rings. The van der Waals surface area contributed by atoms with Gasteiger partial charge in [-0.2, -0.15) is 0 Å². The van der Waals surface area contributed by atoms with Crippen LogP contribution in [0.4, 0.5) is 5.82 Å². The van der Waals surface area contributed by atoms with Gasteiger partial charge >= 0.3 is 0 Å². The molecule has 0 aromatic carbocycles. The van der Waals surface area contributed by atoms with Gasteiger partial charge in [0.15, 0.2) is 15.8 Å². The zero-order valence-electron chi connectivity index (χ0n) is 11.2. The van der Waals surface area contributed by atoms with Crippen molar-refractivity contribution in [1.29, 1.82) is 0 Å². The number of rotatable bonds is 5. The molecule has 0 bridgehead atoms. The van der Waals surface area contributed by atoms with Crippen molar-refractivity contribution in [2.75, 3.05) is 12.3 Å². The third-order valence-corrected chi connectivity index (χ3v) is 5.32. The number of aryl methyl sites for hydroxylation is 1. The number of hydrogen-bond acceptors (Lipinski definition) is 6. The summed E-state index contributed by atoms with van der Waals surface area (Å²) in [5, 5.41) is 1.74. The van der Waals surface area contributed by atoms with E-state index in [1.165, 1.54) is 15.7 Å². The van der Waals surface area contributed by atoms with E-state index in [0.717, 1.165) is 5.82 Å². The first-order chi connectivity index (χ1) is 9.99. The normalized spacial score (nSPS) is 12.2. The number of nitrogen functional groups attached to an aromatic ring is 1. The Bertz CT molecular complexity index is 876. The maximum absolute atomic E-state index is 12.4. The summed E-state index contributed by atoms with van der Waals surface area (Å²) >= 11 is 1.33. The summed E-state index contributed by atoms with van der Waals surface area (Å²) in [5.41, 5.74) is 5.71. The van der Waals surface area contributed by atoms with Gasteiger partial charge in [0.05, 0.1) is 0 Å². The fourth-order valence-electron chi connectivity index (χ4n) is 2.05. The number of aromatic nitrogens is 4. The molecule has 8 nitrogen and oxygen atoms in total. The maximum Gasteiger partial charge on any atom is 0.260 e. The lowest BCUT2D eigenvalue weighted by Gasteiger charge is -2.06. The number of anilines is 1. The van der Waals surface area contributed by atoms with Gasteiger partial charge in [-0.05, 0) is 0 Å². The minimum absolute atomic E-state index is 0.00587. The molecule has 0 unspecified atom stereocenters. The molecule has 0 aliphatic heterocycles. The van der Waals surface area contributed by atoms with Gasteiger partial charge < -0.3 is 10.3 Å². The first kappa shape index (κ1) is 14.0. The Kier molecular flexibility index (Phi) is 3.43. The molecule has 0 saturated carbocycles. The lowest BCUT2D eigenvalue weighted by atomic mass is 10.4. The Hall–Kier alpha value is -1.91. The number of thiazole rings is 1. The smallest absolute Gasteiger partial charge is 0.260 e. The van der Waals surface area contributed by atoms with E-state index in [1.807, 2.05) is 17.8 Å². The standard InChI is InChI=1S/C11H14N6O2S2/c1-16-5-4-13-8(16)2-3-14-21(18,19)10-9(12)15-11-17(10)6-7-20-11/h4-7,14H,2-3,12H2,1H3. The molecule has 3 N–H and O–H groups in total. The summed E-state index contributed by atoms with van der Waals surface area (Å²) in [4.78, 5) is 8.73. The molecule has 3 heterocycles. The van der Waals surface area contributed by atoms with Crippen molar-refractivity contribution in [2.45, 2.75) is 11.4 Å². The largest absolute Gasteiger partial charge is 0.381 e. The zero-order valence-corrected chi connectivity index (χ0v) is 12.9. The van der Waals surface area contributed by atoms with Crippen molar-refractivity contribution in [2.24, 2.45) is 7.05 Å². The summed E-state index contributed by atoms with van der Waals surface area (Å²) in [6, 6.07) is 0. The summed E-state index contributed by atoms with van der Waals surface area (Å²) < 4.78 is 30.6. The number of fused-ring (bicyclic) bond motifs is 1. The highest BCUT2D eigenvalue weighted by Crippen LogP contribution is 2.22. The summed E-state index contributed by atoms with van der Waals surface area (Å²) in [7, 11) is -1.85. The second-order valence-electron chi connectivity index (χ2n) is 4.46. The molecule has 21 heavy (non-hydrogen) atoms. The topological polar surface area (TPSA) is 107 Å². The molecular weight excluding hydrogens is 312 g/mol. The van der Waals surface area contributed by atoms with Crippen LogP contribution in [0.3, 0.4) is 0 Å². The first-order valence-electron chi connectivity index (χ1n) is 6.16. The van der Waals surface area contributed by atoms with E-state index in [0.29, 0.717) is 11.4 Å². The highest BCUT2D eigenvalue weighted by molar-refractivity contribution is 7.89. The van der Waals surface area contributed by atoms with Crippen LogP contribution in [0.5, 0.6) is 0 Å². The second kappa shape index (κ2) is 5.13. The Morgan fingerprint density at radius 1 is 1.43 bits per heavy atom.